The van der Waals surface area contributed by atoms with Gasteiger partial charge in [-0.05, 0) is 95.3 Å². The molecule has 2 heterocycles. The number of anilines is 1. The van der Waals surface area contributed by atoms with Gasteiger partial charge in [0.2, 0.25) is 0 Å². The van der Waals surface area contributed by atoms with Crippen LogP contribution in [0.25, 0.3) is 11.8 Å². The topological polar surface area (TPSA) is 71.8 Å². The van der Waals surface area contributed by atoms with E-state index in [2.05, 4.69) is 47.6 Å². The molecule has 0 N–H and O–H groups in total. The summed E-state index contributed by atoms with van der Waals surface area (Å²) >= 11 is 0.846. The molecule has 0 saturated carbocycles. The fourth-order valence-electron chi connectivity index (χ4n) is 4.06. The van der Waals surface area contributed by atoms with E-state index in [0.717, 1.165) is 52.4 Å². The Morgan fingerprint density at radius 1 is 1.12 bits per heavy atom. The van der Waals surface area contributed by atoms with Gasteiger partial charge in [0.15, 0.2) is 0 Å². The van der Waals surface area contributed by atoms with Crippen LogP contribution in [-0.4, -0.2) is 52.3 Å². The molecule has 0 unspecified atom stereocenters. The van der Waals surface area contributed by atoms with Gasteiger partial charge in [0.25, 0.3) is 11.1 Å². The maximum Gasteiger partial charge on any atom is 0.329 e. The van der Waals surface area contributed by atoms with Gasteiger partial charge in [0.05, 0.1) is 11.5 Å². The molecule has 1 aliphatic rings. The van der Waals surface area contributed by atoms with E-state index in [9.17, 15) is 14.4 Å². The van der Waals surface area contributed by atoms with Crippen LogP contribution in [0.3, 0.4) is 0 Å². The summed E-state index contributed by atoms with van der Waals surface area (Å²) in [6.45, 7) is 13.6. The Morgan fingerprint density at radius 3 is 2.33 bits per heavy atom. The van der Waals surface area contributed by atoms with Crippen molar-refractivity contribution >= 4 is 40.6 Å². The molecule has 1 aliphatic heterocycles. The lowest BCUT2D eigenvalue weighted by Crippen LogP contribution is -2.42. The van der Waals surface area contributed by atoms with Gasteiger partial charge in [0, 0.05) is 35.9 Å². The van der Waals surface area contributed by atoms with E-state index in [0.29, 0.717) is 4.91 Å². The smallest absolute Gasteiger partial charge is 0.329 e. The number of aromatic nitrogens is 1. The van der Waals surface area contributed by atoms with Crippen molar-refractivity contribution in [2.75, 3.05) is 24.6 Å². The average Bonchev–Trinajstić information content (AvgIpc) is 3.23. The Labute approximate surface area is 199 Å². The molecule has 1 saturated heterocycles. The number of amides is 2. The Bertz CT molecular complexity index is 1080. The van der Waals surface area contributed by atoms with Crippen LogP contribution in [0.4, 0.5) is 10.5 Å². The number of carbonyl (C=O) groups is 3. The first-order valence-electron chi connectivity index (χ1n) is 11.2. The molecule has 0 radical (unpaired) electrons. The van der Waals surface area contributed by atoms with Crippen molar-refractivity contribution in [3.05, 3.63) is 52.2 Å². The highest BCUT2D eigenvalue weighted by Crippen LogP contribution is 2.35. The van der Waals surface area contributed by atoms with Crippen molar-refractivity contribution in [1.29, 1.82) is 0 Å². The molecule has 33 heavy (non-hydrogen) atoms. The number of nitrogens with zero attached hydrogens (tertiary/aromatic N) is 3. The normalized spacial score (nSPS) is 15.9. The van der Waals surface area contributed by atoms with Gasteiger partial charge in [0.1, 0.15) is 6.04 Å². The standard InChI is InChI=1S/C25H31N3O4S/c1-7-26(8-2)20-10-12-21(13-11-20)27-16(4)14-19(17(27)5)15-22-23(29)28(25(31)33-22)18(6)24(30)32-9-3/h10-15,18H,7-9H2,1-6H3/b22-15+/t18-/m1/s1. The zero-order chi connectivity index (χ0) is 24.3. The third-order valence-electron chi connectivity index (χ3n) is 5.83. The van der Waals surface area contributed by atoms with E-state index in [1.807, 2.05) is 19.9 Å². The van der Waals surface area contributed by atoms with Gasteiger partial charge in [-0.25, -0.2) is 4.79 Å². The second kappa shape index (κ2) is 10.3. The average molecular weight is 470 g/mol. The van der Waals surface area contributed by atoms with Crippen LogP contribution >= 0.6 is 11.8 Å². The van der Waals surface area contributed by atoms with Crippen molar-refractivity contribution in [3.63, 3.8) is 0 Å². The number of ether oxygens (including phenoxy) is 1. The zero-order valence-corrected chi connectivity index (χ0v) is 20.9. The largest absolute Gasteiger partial charge is 0.464 e. The molecular weight excluding hydrogens is 438 g/mol. The fraction of sp³-hybridized carbons (Fsp3) is 0.400. The summed E-state index contributed by atoms with van der Waals surface area (Å²) in [7, 11) is 0. The lowest BCUT2D eigenvalue weighted by molar-refractivity contribution is -0.150. The third-order valence-corrected chi connectivity index (χ3v) is 6.72. The summed E-state index contributed by atoms with van der Waals surface area (Å²) in [4.78, 5) is 41.0. The van der Waals surface area contributed by atoms with Crippen LogP contribution in [0, 0.1) is 13.8 Å². The second-order valence-corrected chi connectivity index (χ2v) is 8.82. The summed E-state index contributed by atoms with van der Waals surface area (Å²) < 4.78 is 7.10. The molecular formula is C25H31N3O4S. The Morgan fingerprint density at radius 2 is 1.76 bits per heavy atom. The van der Waals surface area contributed by atoms with E-state index in [4.69, 9.17) is 4.74 Å². The van der Waals surface area contributed by atoms with E-state index in [-0.39, 0.29) is 6.61 Å². The molecule has 7 nitrogen and oxygen atoms in total. The van der Waals surface area contributed by atoms with E-state index in [1.165, 1.54) is 12.6 Å². The number of imide groups is 1. The molecule has 1 aromatic heterocycles. The van der Waals surface area contributed by atoms with Crippen LogP contribution in [0.1, 0.15) is 44.6 Å². The highest BCUT2D eigenvalue weighted by Gasteiger charge is 2.41. The highest BCUT2D eigenvalue weighted by molar-refractivity contribution is 8.18. The Hall–Kier alpha value is -3.00. The number of hydrogen-bond acceptors (Lipinski definition) is 6. The van der Waals surface area contributed by atoms with Crippen LogP contribution in [0.15, 0.2) is 35.2 Å². The minimum atomic E-state index is -0.958. The first-order valence-corrected chi connectivity index (χ1v) is 12.0. The fourth-order valence-corrected chi connectivity index (χ4v) is 4.95. The number of carbonyl (C=O) groups excluding carboxylic acids is 3. The first kappa shape index (κ1) is 24.6. The van der Waals surface area contributed by atoms with Gasteiger partial charge in [-0.15, -0.1) is 0 Å². The summed E-state index contributed by atoms with van der Waals surface area (Å²) in [5, 5.41) is -0.465. The molecule has 2 amide bonds. The number of benzene rings is 1. The quantitative estimate of drug-likeness (QED) is 0.403. The summed E-state index contributed by atoms with van der Waals surface area (Å²) in [5.41, 5.74) is 5.05. The van der Waals surface area contributed by atoms with Gasteiger partial charge in [-0.3, -0.25) is 14.5 Å². The Kier molecular flexibility index (Phi) is 7.68. The number of thioether (sulfide) groups is 1. The van der Waals surface area contributed by atoms with Crippen LogP contribution in [0.5, 0.6) is 0 Å². The lowest BCUT2D eigenvalue weighted by atomic mass is 10.2. The van der Waals surface area contributed by atoms with Crippen molar-refractivity contribution in [2.45, 2.75) is 47.6 Å². The highest BCUT2D eigenvalue weighted by atomic mass is 32.2. The molecule has 3 rings (SSSR count). The minimum absolute atomic E-state index is 0.192. The summed E-state index contributed by atoms with van der Waals surface area (Å²) in [5.74, 6) is -1.06. The molecule has 2 aromatic rings. The number of aryl methyl sites for hydroxylation is 1. The van der Waals surface area contributed by atoms with Crippen molar-refractivity contribution in [2.24, 2.45) is 0 Å². The molecule has 8 heteroatoms. The molecule has 0 bridgehead atoms. The number of hydrogen-bond donors (Lipinski definition) is 0. The molecule has 1 fully saturated rings. The summed E-state index contributed by atoms with van der Waals surface area (Å²) in [6, 6.07) is 9.45. The minimum Gasteiger partial charge on any atom is -0.464 e. The number of rotatable bonds is 8. The predicted octanol–water partition coefficient (Wildman–Crippen LogP) is 4.93. The van der Waals surface area contributed by atoms with Gasteiger partial charge >= 0.3 is 5.97 Å². The van der Waals surface area contributed by atoms with Crippen LogP contribution in [-0.2, 0) is 14.3 Å². The first-order chi connectivity index (χ1) is 15.7. The number of esters is 1. The lowest BCUT2D eigenvalue weighted by Gasteiger charge is -2.21. The van der Waals surface area contributed by atoms with E-state index in [1.54, 1.807) is 13.0 Å². The second-order valence-electron chi connectivity index (χ2n) is 7.83. The molecule has 1 atom stereocenters. The molecule has 0 spiro atoms. The van der Waals surface area contributed by atoms with Gasteiger partial charge < -0.3 is 14.2 Å². The maximum absolute atomic E-state index is 12.9. The SMILES string of the molecule is CCOC(=O)[C@@H](C)N1C(=O)S/C(=C/c2cc(C)n(-c3ccc(N(CC)CC)cc3)c2C)C1=O. The zero-order valence-electron chi connectivity index (χ0n) is 20.0. The van der Waals surface area contributed by atoms with Crippen molar-refractivity contribution in [3.8, 4) is 5.69 Å². The molecule has 176 valence electrons. The maximum atomic E-state index is 12.9. The Balaban J connectivity index is 1.89. The van der Waals surface area contributed by atoms with E-state index < -0.39 is 23.2 Å². The van der Waals surface area contributed by atoms with Gasteiger partial charge in [-0.2, -0.15) is 0 Å². The van der Waals surface area contributed by atoms with Crippen molar-refractivity contribution < 1.29 is 19.1 Å². The molecule has 1 aromatic carbocycles. The van der Waals surface area contributed by atoms with Crippen molar-refractivity contribution in [1.82, 2.24) is 9.47 Å². The third kappa shape index (κ3) is 4.85. The monoisotopic (exact) mass is 469 g/mol. The van der Waals surface area contributed by atoms with Crippen LogP contribution in [0.2, 0.25) is 0 Å². The van der Waals surface area contributed by atoms with E-state index >= 15 is 0 Å². The van der Waals surface area contributed by atoms with Crippen LogP contribution < -0.4 is 4.90 Å². The summed E-state index contributed by atoms with van der Waals surface area (Å²) in [6.07, 6.45) is 1.73. The molecule has 0 aliphatic carbocycles. The predicted molar refractivity (Wildman–Crippen MR) is 133 cm³/mol. The van der Waals surface area contributed by atoms with Gasteiger partial charge in [-0.1, -0.05) is 0 Å².